The number of amides is 1. The Balaban J connectivity index is 2.00. The van der Waals surface area contributed by atoms with Crippen LogP contribution in [0, 0.1) is 0 Å². The Morgan fingerprint density at radius 3 is 2.17 bits per heavy atom. The molecule has 92 valence electrons. The van der Waals surface area contributed by atoms with Gasteiger partial charge in [0.15, 0.2) is 0 Å². The number of hydrogen-bond acceptors (Lipinski definition) is 2. The highest BCUT2D eigenvalue weighted by Crippen LogP contribution is 2.20. The van der Waals surface area contributed by atoms with E-state index in [9.17, 15) is 4.79 Å². The molecule has 0 spiro atoms. The summed E-state index contributed by atoms with van der Waals surface area (Å²) in [6, 6.07) is 18.7. The molecule has 0 aliphatic heterocycles. The molecule has 0 unspecified atom stereocenters. The lowest BCUT2D eigenvalue weighted by atomic mass is 10.0. The van der Waals surface area contributed by atoms with Gasteiger partial charge < -0.3 is 5.73 Å². The first-order valence-electron chi connectivity index (χ1n) is 5.76. The topological polar surface area (TPSA) is 43.1 Å². The van der Waals surface area contributed by atoms with Gasteiger partial charge in [-0.05, 0) is 16.7 Å². The number of hydrogen-bond donors (Lipinski definition) is 1. The van der Waals surface area contributed by atoms with Crippen LogP contribution in [0.15, 0.2) is 54.6 Å². The molecule has 0 aromatic heterocycles. The van der Waals surface area contributed by atoms with Gasteiger partial charge in [0.2, 0.25) is 5.91 Å². The van der Waals surface area contributed by atoms with Gasteiger partial charge >= 0.3 is 0 Å². The predicted molar refractivity (Wildman–Crippen MR) is 77.2 cm³/mol. The fourth-order valence-electron chi connectivity index (χ4n) is 1.69. The smallest absolute Gasteiger partial charge is 0.227 e. The molecule has 2 rings (SSSR count). The number of nitrogens with two attached hydrogens (primary N) is 1. The SMILES string of the molecule is NC(=O)CSCc1ccc(-c2ccccc2)cc1. The Morgan fingerprint density at radius 1 is 0.944 bits per heavy atom. The fraction of sp³-hybridized carbons (Fsp3) is 0.133. The van der Waals surface area contributed by atoms with E-state index in [4.69, 9.17) is 5.73 Å². The van der Waals surface area contributed by atoms with Crippen LogP contribution in [-0.4, -0.2) is 11.7 Å². The average molecular weight is 257 g/mol. The van der Waals surface area contributed by atoms with Crippen molar-refractivity contribution in [3.05, 3.63) is 60.2 Å². The van der Waals surface area contributed by atoms with Gasteiger partial charge in [-0.15, -0.1) is 11.8 Å². The van der Waals surface area contributed by atoms with Crippen molar-refractivity contribution in [1.29, 1.82) is 0 Å². The second-order valence-corrected chi connectivity index (χ2v) is 5.01. The predicted octanol–water partition coefficient (Wildman–Crippen LogP) is 3.07. The van der Waals surface area contributed by atoms with Crippen LogP contribution in [0.25, 0.3) is 11.1 Å². The summed E-state index contributed by atoms with van der Waals surface area (Å²) in [6.07, 6.45) is 0. The molecule has 2 aromatic carbocycles. The zero-order valence-corrected chi connectivity index (χ0v) is 10.8. The Bertz CT molecular complexity index is 508. The minimum Gasteiger partial charge on any atom is -0.369 e. The molecule has 0 atom stereocenters. The van der Waals surface area contributed by atoms with Crippen molar-refractivity contribution in [2.24, 2.45) is 5.73 Å². The van der Waals surface area contributed by atoms with Crippen LogP contribution in [0.2, 0.25) is 0 Å². The molecular formula is C15H15NOS. The summed E-state index contributed by atoms with van der Waals surface area (Å²) in [6.45, 7) is 0. The van der Waals surface area contributed by atoms with Gasteiger partial charge in [-0.3, -0.25) is 4.79 Å². The normalized spacial score (nSPS) is 10.2. The third-order valence-corrected chi connectivity index (χ3v) is 3.60. The van der Waals surface area contributed by atoms with Crippen molar-refractivity contribution in [1.82, 2.24) is 0 Å². The second-order valence-electron chi connectivity index (χ2n) is 4.02. The summed E-state index contributed by atoms with van der Waals surface area (Å²) in [5, 5.41) is 0. The largest absolute Gasteiger partial charge is 0.369 e. The van der Waals surface area contributed by atoms with E-state index in [-0.39, 0.29) is 5.91 Å². The Kier molecular flexibility index (Phi) is 4.42. The van der Waals surface area contributed by atoms with Crippen molar-refractivity contribution >= 4 is 17.7 Å². The Morgan fingerprint density at radius 2 is 1.56 bits per heavy atom. The van der Waals surface area contributed by atoms with Crippen LogP contribution in [0.4, 0.5) is 0 Å². The van der Waals surface area contributed by atoms with Crippen molar-refractivity contribution in [3.8, 4) is 11.1 Å². The van der Waals surface area contributed by atoms with Crippen molar-refractivity contribution in [3.63, 3.8) is 0 Å². The van der Waals surface area contributed by atoms with E-state index in [0.717, 1.165) is 5.75 Å². The fourth-order valence-corrected chi connectivity index (χ4v) is 2.42. The molecule has 18 heavy (non-hydrogen) atoms. The van der Waals surface area contributed by atoms with Crippen LogP contribution in [-0.2, 0) is 10.5 Å². The summed E-state index contributed by atoms with van der Waals surface area (Å²) in [4.78, 5) is 10.6. The maximum absolute atomic E-state index is 10.6. The lowest BCUT2D eigenvalue weighted by Gasteiger charge is -2.04. The van der Waals surface area contributed by atoms with Gasteiger partial charge in [-0.2, -0.15) is 0 Å². The van der Waals surface area contributed by atoms with E-state index < -0.39 is 0 Å². The van der Waals surface area contributed by atoms with Gasteiger partial charge in [0.1, 0.15) is 0 Å². The summed E-state index contributed by atoms with van der Waals surface area (Å²) in [5.74, 6) is 0.930. The summed E-state index contributed by atoms with van der Waals surface area (Å²) >= 11 is 1.54. The van der Waals surface area contributed by atoms with Gasteiger partial charge in [-0.25, -0.2) is 0 Å². The first-order chi connectivity index (χ1) is 8.75. The first kappa shape index (κ1) is 12.7. The zero-order valence-electron chi connectivity index (χ0n) is 10.0. The Labute approximate surface area is 111 Å². The molecule has 1 amide bonds. The Hall–Kier alpha value is -1.74. The number of carbonyl (C=O) groups is 1. The maximum atomic E-state index is 10.6. The molecule has 0 radical (unpaired) electrons. The molecule has 0 bridgehead atoms. The highest BCUT2D eigenvalue weighted by molar-refractivity contribution is 7.99. The molecule has 2 nitrogen and oxygen atoms in total. The molecule has 0 saturated heterocycles. The van der Waals surface area contributed by atoms with E-state index in [1.54, 1.807) is 11.8 Å². The molecule has 3 heteroatoms. The van der Waals surface area contributed by atoms with Crippen molar-refractivity contribution < 1.29 is 4.79 Å². The molecule has 0 saturated carbocycles. The van der Waals surface area contributed by atoms with Gasteiger partial charge in [0.25, 0.3) is 0 Å². The maximum Gasteiger partial charge on any atom is 0.227 e. The third kappa shape index (κ3) is 3.64. The van der Waals surface area contributed by atoms with Crippen molar-refractivity contribution in [2.45, 2.75) is 5.75 Å². The summed E-state index contributed by atoms with van der Waals surface area (Å²) in [5.41, 5.74) is 8.73. The molecule has 0 aliphatic carbocycles. The third-order valence-electron chi connectivity index (χ3n) is 2.57. The van der Waals surface area contributed by atoms with E-state index in [2.05, 4.69) is 36.4 Å². The van der Waals surface area contributed by atoms with E-state index in [0.29, 0.717) is 5.75 Å². The molecule has 2 N–H and O–H groups in total. The minimum atomic E-state index is -0.263. The molecule has 0 fully saturated rings. The number of rotatable bonds is 5. The first-order valence-corrected chi connectivity index (χ1v) is 6.91. The van der Waals surface area contributed by atoms with E-state index >= 15 is 0 Å². The van der Waals surface area contributed by atoms with Crippen molar-refractivity contribution in [2.75, 3.05) is 5.75 Å². The van der Waals surface area contributed by atoms with Gasteiger partial charge in [0.05, 0.1) is 5.75 Å². The molecule has 0 aliphatic rings. The average Bonchev–Trinajstić information content (AvgIpc) is 2.40. The van der Waals surface area contributed by atoms with Crippen LogP contribution >= 0.6 is 11.8 Å². The summed E-state index contributed by atoms with van der Waals surface area (Å²) < 4.78 is 0. The van der Waals surface area contributed by atoms with E-state index in [1.165, 1.54) is 16.7 Å². The van der Waals surface area contributed by atoms with Crippen LogP contribution in [0.3, 0.4) is 0 Å². The monoisotopic (exact) mass is 257 g/mol. The molecule has 0 heterocycles. The van der Waals surface area contributed by atoms with E-state index in [1.807, 2.05) is 18.2 Å². The number of primary amides is 1. The molecule has 2 aromatic rings. The number of benzene rings is 2. The van der Waals surface area contributed by atoms with Crippen LogP contribution in [0.5, 0.6) is 0 Å². The van der Waals surface area contributed by atoms with Crippen LogP contribution in [0.1, 0.15) is 5.56 Å². The standard InChI is InChI=1S/C15H15NOS/c16-15(17)11-18-10-12-6-8-14(9-7-12)13-4-2-1-3-5-13/h1-9H,10-11H2,(H2,16,17). The highest BCUT2D eigenvalue weighted by Gasteiger charge is 1.99. The van der Waals surface area contributed by atoms with Gasteiger partial charge in [-0.1, -0.05) is 54.6 Å². The number of carbonyl (C=O) groups excluding carboxylic acids is 1. The minimum absolute atomic E-state index is 0.263. The second kappa shape index (κ2) is 6.26. The van der Waals surface area contributed by atoms with Crippen LogP contribution < -0.4 is 5.73 Å². The lowest BCUT2D eigenvalue weighted by Crippen LogP contribution is -2.13. The molecular weight excluding hydrogens is 242 g/mol. The lowest BCUT2D eigenvalue weighted by molar-refractivity contribution is -0.115. The highest BCUT2D eigenvalue weighted by atomic mass is 32.2. The number of thioether (sulfide) groups is 1. The zero-order chi connectivity index (χ0) is 12.8. The van der Waals surface area contributed by atoms with Gasteiger partial charge in [0, 0.05) is 5.75 Å². The quantitative estimate of drug-likeness (QED) is 0.894. The summed E-state index contributed by atoms with van der Waals surface area (Å²) in [7, 11) is 0.